The molecular weight excluding hydrogens is 218 g/mol. The van der Waals surface area contributed by atoms with Gasteiger partial charge < -0.3 is 10.4 Å². The minimum Gasteiger partial charge on any atom is -0.481 e. The van der Waals surface area contributed by atoms with Crippen molar-refractivity contribution in [3.63, 3.8) is 0 Å². The number of hydrogen-bond acceptors (Lipinski definition) is 2. The van der Waals surface area contributed by atoms with Crippen molar-refractivity contribution in [1.82, 2.24) is 5.32 Å². The largest absolute Gasteiger partial charge is 0.481 e. The third-order valence-corrected chi connectivity index (χ3v) is 4.19. The van der Waals surface area contributed by atoms with E-state index in [-0.39, 0.29) is 17.7 Å². The van der Waals surface area contributed by atoms with Crippen molar-refractivity contribution < 1.29 is 14.7 Å². The smallest absolute Gasteiger partial charge is 0.306 e. The molecule has 0 saturated heterocycles. The molecule has 0 heterocycles. The van der Waals surface area contributed by atoms with Crippen molar-refractivity contribution in [2.45, 2.75) is 51.5 Å². The average molecular weight is 239 g/mol. The van der Waals surface area contributed by atoms with Gasteiger partial charge in [0.15, 0.2) is 0 Å². The topological polar surface area (TPSA) is 66.4 Å². The highest BCUT2D eigenvalue weighted by atomic mass is 16.4. The summed E-state index contributed by atoms with van der Waals surface area (Å²) in [5, 5.41) is 12.0. The number of amides is 1. The second kappa shape index (κ2) is 5.07. The molecule has 2 saturated carbocycles. The van der Waals surface area contributed by atoms with Crippen molar-refractivity contribution in [3.05, 3.63) is 0 Å². The van der Waals surface area contributed by atoms with E-state index >= 15 is 0 Å². The molecule has 2 aliphatic carbocycles. The highest BCUT2D eigenvalue weighted by molar-refractivity contribution is 5.81. The molecule has 0 aromatic carbocycles. The van der Waals surface area contributed by atoms with E-state index in [4.69, 9.17) is 5.11 Å². The van der Waals surface area contributed by atoms with Crippen LogP contribution in [0.3, 0.4) is 0 Å². The molecule has 0 aromatic rings. The monoisotopic (exact) mass is 239 g/mol. The third-order valence-electron chi connectivity index (χ3n) is 4.19. The summed E-state index contributed by atoms with van der Waals surface area (Å²) in [7, 11) is 0. The number of carboxylic acid groups (broad SMARTS) is 1. The second-order valence-corrected chi connectivity index (χ2v) is 5.67. The van der Waals surface area contributed by atoms with E-state index in [1.807, 2.05) is 0 Å². The molecule has 0 aromatic heterocycles. The van der Waals surface area contributed by atoms with E-state index in [1.54, 1.807) is 0 Å². The Bertz CT molecular complexity index is 316. The van der Waals surface area contributed by atoms with Gasteiger partial charge in [0.05, 0.1) is 5.92 Å². The van der Waals surface area contributed by atoms with E-state index in [0.29, 0.717) is 24.8 Å². The Labute approximate surface area is 102 Å². The van der Waals surface area contributed by atoms with Gasteiger partial charge >= 0.3 is 5.97 Å². The van der Waals surface area contributed by atoms with Crippen LogP contribution in [-0.2, 0) is 9.59 Å². The lowest BCUT2D eigenvalue weighted by atomic mass is 10.0. The number of hydrogen-bond donors (Lipinski definition) is 2. The summed E-state index contributed by atoms with van der Waals surface area (Å²) in [5.74, 6) is -0.362. The quantitative estimate of drug-likeness (QED) is 0.789. The summed E-state index contributed by atoms with van der Waals surface area (Å²) in [6, 6.07) is 0.321. The van der Waals surface area contributed by atoms with Crippen LogP contribution in [0.1, 0.15) is 45.4 Å². The lowest BCUT2D eigenvalue weighted by Gasteiger charge is -2.16. The SMILES string of the molecule is CC1CCC(NC(=O)[C@@H]2CC[C@H](C(=O)O)C2)C1. The van der Waals surface area contributed by atoms with E-state index in [0.717, 1.165) is 19.3 Å². The van der Waals surface area contributed by atoms with Crippen LogP contribution in [0.2, 0.25) is 0 Å². The molecule has 2 aliphatic rings. The number of carbonyl (C=O) groups excluding carboxylic acids is 1. The van der Waals surface area contributed by atoms with Crippen molar-refractivity contribution in [2.75, 3.05) is 0 Å². The van der Waals surface area contributed by atoms with Gasteiger partial charge in [-0.05, 0) is 44.4 Å². The molecular formula is C13H21NO3. The lowest BCUT2D eigenvalue weighted by Crippen LogP contribution is -2.37. The Morgan fingerprint density at radius 2 is 1.76 bits per heavy atom. The van der Waals surface area contributed by atoms with Crippen molar-refractivity contribution >= 4 is 11.9 Å². The first kappa shape index (κ1) is 12.4. The molecule has 4 nitrogen and oxygen atoms in total. The molecule has 4 atom stereocenters. The van der Waals surface area contributed by atoms with E-state index in [9.17, 15) is 9.59 Å². The molecule has 1 amide bonds. The Kier molecular flexibility index (Phi) is 3.69. The summed E-state index contributed by atoms with van der Waals surface area (Å²) < 4.78 is 0. The first-order chi connectivity index (χ1) is 8.06. The zero-order chi connectivity index (χ0) is 12.4. The first-order valence-corrected chi connectivity index (χ1v) is 6.59. The van der Waals surface area contributed by atoms with Crippen molar-refractivity contribution in [3.8, 4) is 0 Å². The fraction of sp³-hybridized carbons (Fsp3) is 0.846. The van der Waals surface area contributed by atoms with Gasteiger partial charge in [0.25, 0.3) is 0 Å². The van der Waals surface area contributed by atoms with Gasteiger partial charge in [-0.1, -0.05) is 6.92 Å². The molecule has 2 unspecified atom stereocenters. The molecule has 96 valence electrons. The van der Waals surface area contributed by atoms with Gasteiger partial charge in [0, 0.05) is 12.0 Å². The predicted molar refractivity (Wildman–Crippen MR) is 63.4 cm³/mol. The maximum Gasteiger partial charge on any atom is 0.306 e. The van der Waals surface area contributed by atoms with Crippen LogP contribution < -0.4 is 5.32 Å². The first-order valence-electron chi connectivity index (χ1n) is 6.59. The number of aliphatic carboxylic acids is 1. The molecule has 2 fully saturated rings. The molecule has 0 spiro atoms. The van der Waals surface area contributed by atoms with E-state index in [1.165, 1.54) is 6.42 Å². The molecule has 0 aliphatic heterocycles. The summed E-state index contributed by atoms with van der Waals surface area (Å²) >= 11 is 0. The maximum absolute atomic E-state index is 12.0. The lowest BCUT2D eigenvalue weighted by molar-refractivity contribution is -0.141. The fourth-order valence-corrected chi connectivity index (χ4v) is 3.10. The Morgan fingerprint density at radius 1 is 1.06 bits per heavy atom. The predicted octanol–water partition coefficient (Wildman–Crippen LogP) is 1.79. The van der Waals surface area contributed by atoms with Crippen LogP contribution in [-0.4, -0.2) is 23.0 Å². The average Bonchev–Trinajstić information content (AvgIpc) is 2.86. The summed E-state index contributed by atoms with van der Waals surface area (Å²) in [4.78, 5) is 22.8. The van der Waals surface area contributed by atoms with Gasteiger partial charge in [-0.3, -0.25) is 9.59 Å². The van der Waals surface area contributed by atoms with E-state index in [2.05, 4.69) is 12.2 Å². The molecule has 2 rings (SSSR count). The highest BCUT2D eigenvalue weighted by Gasteiger charge is 2.35. The van der Waals surface area contributed by atoms with Gasteiger partial charge in [-0.15, -0.1) is 0 Å². The number of rotatable bonds is 3. The minimum absolute atomic E-state index is 0.0767. The van der Waals surface area contributed by atoms with Crippen LogP contribution >= 0.6 is 0 Å². The Hall–Kier alpha value is -1.06. The van der Waals surface area contributed by atoms with Gasteiger partial charge in [-0.2, -0.15) is 0 Å². The Morgan fingerprint density at radius 3 is 2.29 bits per heavy atom. The summed E-state index contributed by atoms with van der Waals surface area (Å²) in [5.41, 5.74) is 0. The zero-order valence-corrected chi connectivity index (χ0v) is 10.3. The van der Waals surface area contributed by atoms with Gasteiger partial charge in [0.2, 0.25) is 5.91 Å². The van der Waals surface area contributed by atoms with Gasteiger partial charge in [-0.25, -0.2) is 0 Å². The summed E-state index contributed by atoms with van der Waals surface area (Å²) in [6.45, 7) is 2.21. The van der Waals surface area contributed by atoms with E-state index < -0.39 is 5.97 Å². The van der Waals surface area contributed by atoms with Gasteiger partial charge in [0.1, 0.15) is 0 Å². The molecule has 4 heteroatoms. The molecule has 0 radical (unpaired) electrons. The van der Waals surface area contributed by atoms with Crippen molar-refractivity contribution in [1.29, 1.82) is 0 Å². The van der Waals surface area contributed by atoms with Crippen LogP contribution in [0.25, 0.3) is 0 Å². The minimum atomic E-state index is -0.755. The zero-order valence-electron chi connectivity index (χ0n) is 10.3. The molecule has 2 N–H and O–H groups in total. The maximum atomic E-state index is 12.0. The number of carboxylic acids is 1. The Balaban J connectivity index is 1.79. The second-order valence-electron chi connectivity index (χ2n) is 5.67. The molecule has 17 heavy (non-hydrogen) atoms. The highest BCUT2D eigenvalue weighted by Crippen LogP contribution is 2.32. The van der Waals surface area contributed by atoms with Crippen LogP contribution in [0.4, 0.5) is 0 Å². The van der Waals surface area contributed by atoms with Crippen molar-refractivity contribution in [2.24, 2.45) is 17.8 Å². The van der Waals surface area contributed by atoms with Crippen LogP contribution in [0.5, 0.6) is 0 Å². The molecule has 0 bridgehead atoms. The number of carbonyl (C=O) groups is 2. The van der Waals surface area contributed by atoms with Crippen LogP contribution in [0, 0.1) is 17.8 Å². The standard InChI is InChI=1S/C13H21NO3/c1-8-2-5-11(6-8)14-12(15)9-3-4-10(7-9)13(16)17/h8-11H,2-7H2,1H3,(H,14,15)(H,16,17)/t8?,9-,10+,11?/m1/s1. The number of nitrogens with one attached hydrogen (secondary N) is 1. The third kappa shape index (κ3) is 2.99. The van der Waals surface area contributed by atoms with Crippen LogP contribution in [0.15, 0.2) is 0 Å². The fourth-order valence-electron chi connectivity index (χ4n) is 3.10. The summed E-state index contributed by atoms with van der Waals surface area (Å²) in [6.07, 6.45) is 5.22. The normalized spacial score (nSPS) is 37.0.